The maximum atomic E-state index is 12.4. The number of aliphatic hydroxyl groups is 1. The molecule has 0 saturated heterocycles. The fraction of sp³-hybridized carbons (Fsp3) is 0.455. The van der Waals surface area contributed by atoms with Crippen molar-refractivity contribution < 1.29 is 18.6 Å². The van der Waals surface area contributed by atoms with Crippen LogP contribution < -0.4 is 15.4 Å². The predicted molar refractivity (Wildman–Crippen MR) is 62.7 cm³/mol. The summed E-state index contributed by atoms with van der Waals surface area (Å²) in [7, 11) is 1.48. The standard InChI is InChI=1S/C11H16F2N2O2/c1-17-8-2-3-9(14)10(6-8)15(4-5-16)7-11(12)13/h2-3,6,11,16H,4-5,7,14H2,1H3. The van der Waals surface area contributed by atoms with Gasteiger partial charge < -0.3 is 20.5 Å². The number of aliphatic hydroxyl groups excluding tert-OH is 1. The van der Waals surface area contributed by atoms with Gasteiger partial charge in [-0.25, -0.2) is 8.78 Å². The van der Waals surface area contributed by atoms with E-state index in [2.05, 4.69) is 0 Å². The summed E-state index contributed by atoms with van der Waals surface area (Å²) in [6.07, 6.45) is -2.49. The van der Waals surface area contributed by atoms with E-state index >= 15 is 0 Å². The lowest BCUT2D eigenvalue weighted by Gasteiger charge is -2.25. The van der Waals surface area contributed by atoms with Gasteiger partial charge in [0.1, 0.15) is 5.75 Å². The minimum absolute atomic E-state index is 0.0989. The van der Waals surface area contributed by atoms with Crippen molar-refractivity contribution in [2.24, 2.45) is 0 Å². The highest BCUT2D eigenvalue weighted by Gasteiger charge is 2.15. The van der Waals surface area contributed by atoms with E-state index in [0.29, 0.717) is 17.1 Å². The zero-order valence-corrected chi connectivity index (χ0v) is 9.57. The smallest absolute Gasteiger partial charge is 0.255 e. The number of ether oxygens (including phenoxy) is 1. The lowest BCUT2D eigenvalue weighted by atomic mass is 10.2. The summed E-state index contributed by atoms with van der Waals surface area (Å²) >= 11 is 0. The Labute approximate surface area is 98.6 Å². The van der Waals surface area contributed by atoms with E-state index < -0.39 is 13.0 Å². The van der Waals surface area contributed by atoms with Crippen LogP contribution in [-0.4, -0.2) is 38.3 Å². The van der Waals surface area contributed by atoms with Crippen molar-refractivity contribution in [2.45, 2.75) is 6.43 Å². The third kappa shape index (κ3) is 3.74. The van der Waals surface area contributed by atoms with Gasteiger partial charge in [0.05, 0.1) is 31.6 Å². The molecule has 0 aromatic heterocycles. The van der Waals surface area contributed by atoms with Crippen LogP contribution in [0.5, 0.6) is 5.75 Å². The summed E-state index contributed by atoms with van der Waals surface area (Å²) in [6.45, 7) is -0.594. The third-order valence-corrected chi connectivity index (χ3v) is 2.31. The van der Waals surface area contributed by atoms with Gasteiger partial charge >= 0.3 is 0 Å². The fourth-order valence-electron chi connectivity index (χ4n) is 1.52. The molecule has 0 heterocycles. The van der Waals surface area contributed by atoms with Gasteiger partial charge in [0.2, 0.25) is 0 Å². The quantitative estimate of drug-likeness (QED) is 0.744. The van der Waals surface area contributed by atoms with Gasteiger partial charge in [-0.3, -0.25) is 0 Å². The molecule has 0 aliphatic carbocycles. The Balaban J connectivity index is 2.98. The molecular weight excluding hydrogens is 230 g/mol. The summed E-state index contributed by atoms with van der Waals surface area (Å²) < 4.78 is 29.8. The van der Waals surface area contributed by atoms with Crippen molar-refractivity contribution >= 4 is 11.4 Å². The van der Waals surface area contributed by atoms with Gasteiger partial charge in [-0.2, -0.15) is 0 Å². The highest BCUT2D eigenvalue weighted by Crippen LogP contribution is 2.28. The van der Waals surface area contributed by atoms with Gasteiger partial charge in [0.15, 0.2) is 0 Å². The van der Waals surface area contributed by atoms with Crippen molar-refractivity contribution in [3.8, 4) is 5.75 Å². The Kier molecular flexibility index (Phi) is 4.96. The largest absolute Gasteiger partial charge is 0.497 e. The molecule has 0 spiro atoms. The predicted octanol–water partition coefficient (Wildman–Crippen LogP) is 1.34. The molecule has 3 N–H and O–H groups in total. The summed E-state index contributed by atoms with van der Waals surface area (Å²) in [5.74, 6) is 0.534. The molecule has 0 atom stereocenters. The molecule has 0 unspecified atom stereocenters. The molecule has 0 saturated carbocycles. The summed E-state index contributed by atoms with van der Waals surface area (Å²) in [5, 5.41) is 8.87. The summed E-state index contributed by atoms with van der Waals surface area (Å²) in [4.78, 5) is 1.34. The monoisotopic (exact) mass is 246 g/mol. The third-order valence-electron chi connectivity index (χ3n) is 2.31. The first kappa shape index (κ1) is 13.5. The number of rotatable bonds is 6. The van der Waals surface area contributed by atoms with Crippen LogP contribution in [0, 0.1) is 0 Å². The lowest BCUT2D eigenvalue weighted by molar-refractivity contribution is 0.153. The van der Waals surface area contributed by atoms with Crippen molar-refractivity contribution in [3.05, 3.63) is 18.2 Å². The Morgan fingerprint density at radius 3 is 2.71 bits per heavy atom. The Morgan fingerprint density at radius 2 is 2.18 bits per heavy atom. The zero-order chi connectivity index (χ0) is 12.8. The highest BCUT2D eigenvalue weighted by molar-refractivity contribution is 5.69. The normalized spacial score (nSPS) is 10.6. The topological polar surface area (TPSA) is 58.7 Å². The van der Waals surface area contributed by atoms with Crippen molar-refractivity contribution in [1.82, 2.24) is 0 Å². The lowest BCUT2D eigenvalue weighted by Crippen LogP contribution is -2.32. The molecule has 0 amide bonds. The number of anilines is 2. The maximum Gasteiger partial charge on any atom is 0.255 e. The van der Waals surface area contributed by atoms with Crippen LogP contribution in [0.2, 0.25) is 0 Å². The van der Waals surface area contributed by atoms with Crippen LogP contribution in [0.4, 0.5) is 20.2 Å². The average molecular weight is 246 g/mol. The Bertz CT molecular complexity index is 361. The highest BCUT2D eigenvalue weighted by atomic mass is 19.3. The minimum atomic E-state index is -2.49. The van der Waals surface area contributed by atoms with E-state index in [-0.39, 0.29) is 13.2 Å². The number of nitrogens with two attached hydrogens (primary N) is 1. The van der Waals surface area contributed by atoms with Crippen LogP contribution in [-0.2, 0) is 0 Å². The minimum Gasteiger partial charge on any atom is -0.497 e. The second kappa shape index (κ2) is 6.24. The number of alkyl halides is 2. The number of benzene rings is 1. The van der Waals surface area contributed by atoms with Crippen molar-refractivity contribution in [2.75, 3.05) is 37.4 Å². The summed E-state index contributed by atoms with van der Waals surface area (Å²) in [6, 6.07) is 4.82. The Morgan fingerprint density at radius 1 is 1.47 bits per heavy atom. The van der Waals surface area contributed by atoms with Gasteiger partial charge in [-0.1, -0.05) is 0 Å². The number of halogens is 2. The summed E-state index contributed by atoms with van der Waals surface area (Å²) in [5.41, 5.74) is 6.55. The first-order valence-corrected chi connectivity index (χ1v) is 5.16. The van der Waals surface area contributed by atoms with E-state index in [1.807, 2.05) is 0 Å². The Hall–Kier alpha value is -1.56. The SMILES string of the molecule is COc1ccc(N)c(N(CCO)CC(F)F)c1. The van der Waals surface area contributed by atoms with Gasteiger partial charge in [0, 0.05) is 12.6 Å². The number of hydrogen-bond donors (Lipinski definition) is 2. The van der Waals surface area contributed by atoms with Crippen LogP contribution in [0.25, 0.3) is 0 Å². The van der Waals surface area contributed by atoms with Crippen molar-refractivity contribution in [3.63, 3.8) is 0 Å². The number of nitrogens with zero attached hydrogens (tertiary/aromatic N) is 1. The molecule has 1 aromatic rings. The maximum absolute atomic E-state index is 12.4. The van der Waals surface area contributed by atoms with E-state index in [9.17, 15) is 8.78 Å². The van der Waals surface area contributed by atoms with Crippen LogP contribution in [0.3, 0.4) is 0 Å². The second-order valence-electron chi connectivity index (χ2n) is 3.49. The molecule has 0 fully saturated rings. The van der Waals surface area contributed by atoms with Gasteiger partial charge in [0.25, 0.3) is 6.43 Å². The fourth-order valence-corrected chi connectivity index (χ4v) is 1.52. The van der Waals surface area contributed by atoms with Crippen LogP contribution in [0.1, 0.15) is 0 Å². The van der Waals surface area contributed by atoms with Gasteiger partial charge in [-0.15, -0.1) is 0 Å². The van der Waals surface area contributed by atoms with Gasteiger partial charge in [-0.05, 0) is 12.1 Å². The number of methoxy groups -OCH3 is 1. The molecule has 6 heteroatoms. The molecule has 0 aliphatic rings. The molecule has 1 rings (SSSR count). The van der Waals surface area contributed by atoms with E-state index in [0.717, 1.165) is 0 Å². The molecule has 0 aliphatic heterocycles. The molecule has 17 heavy (non-hydrogen) atoms. The molecule has 4 nitrogen and oxygen atoms in total. The molecular formula is C11H16F2N2O2. The first-order chi connectivity index (χ1) is 8.08. The average Bonchev–Trinajstić information content (AvgIpc) is 2.28. The first-order valence-electron chi connectivity index (χ1n) is 5.16. The van der Waals surface area contributed by atoms with Crippen molar-refractivity contribution in [1.29, 1.82) is 0 Å². The molecule has 0 bridgehead atoms. The number of nitrogen functional groups attached to an aromatic ring is 1. The second-order valence-corrected chi connectivity index (χ2v) is 3.49. The van der Waals surface area contributed by atoms with E-state index in [1.165, 1.54) is 12.0 Å². The van der Waals surface area contributed by atoms with Crippen LogP contribution in [0.15, 0.2) is 18.2 Å². The van der Waals surface area contributed by atoms with E-state index in [1.54, 1.807) is 18.2 Å². The molecule has 1 aromatic carbocycles. The van der Waals surface area contributed by atoms with Crippen LogP contribution >= 0.6 is 0 Å². The molecule has 0 radical (unpaired) electrons. The van der Waals surface area contributed by atoms with E-state index in [4.69, 9.17) is 15.6 Å². The zero-order valence-electron chi connectivity index (χ0n) is 9.57. The molecule has 96 valence electrons. The number of hydrogen-bond acceptors (Lipinski definition) is 4.